The van der Waals surface area contributed by atoms with E-state index in [0.717, 1.165) is 24.8 Å². The zero-order valence-corrected chi connectivity index (χ0v) is 18.4. The summed E-state index contributed by atoms with van der Waals surface area (Å²) in [7, 11) is 0. The van der Waals surface area contributed by atoms with Crippen LogP contribution in [0.2, 0.25) is 0 Å². The van der Waals surface area contributed by atoms with Crippen LogP contribution >= 0.6 is 11.3 Å². The first kappa shape index (κ1) is 20.8. The highest BCUT2D eigenvalue weighted by Gasteiger charge is 2.32. The molecule has 2 aromatic carbocycles. The van der Waals surface area contributed by atoms with Crippen molar-refractivity contribution in [2.75, 3.05) is 31.1 Å². The molecule has 1 aliphatic heterocycles. The number of rotatable bonds is 5. The second-order valence-electron chi connectivity index (χ2n) is 7.80. The largest absolute Gasteiger partial charge is 0.492 e. The van der Waals surface area contributed by atoms with Gasteiger partial charge in [0.1, 0.15) is 0 Å². The van der Waals surface area contributed by atoms with Gasteiger partial charge in [-0.15, -0.1) is 5.10 Å². The fourth-order valence-electron chi connectivity index (χ4n) is 4.21. The molecule has 1 fully saturated rings. The van der Waals surface area contributed by atoms with Crippen LogP contribution in [0, 0.1) is 11.6 Å². The van der Waals surface area contributed by atoms with Gasteiger partial charge >= 0.3 is 0 Å². The van der Waals surface area contributed by atoms with E-state index in [1.807, 2.05) is 25.1 Å². The maximum absolute atomic E-state index is 14.2. The zero-order valence-electron chi connectivity index (χ0n) is 17.6. The van der Waals surface area contributed by atoms with Crippen LogP contribution in [0.15, 0.2) is 48.5 Å². The lowest BCUT2D eigenvalue weighted by Gasteiger charge is -2.40. The molecule has 32 heavy (non-hydrogen) atoms. The molecule has 166 valence electrons. The summed E-state index contributed by atoms with van der Waals surface area (Å²) in [5.41, 5.74) is 1.75. The van der Waals surface area contributed by atoms with E-state index in [0.29, 0.717) is 40.7 Å². The zero-order chi connectivity index (χ0) is 22.2. The van der Waals surface area contributed by atoms with Gasteiger partial charge in [-0.05, 0) is 29.8 Å². The second-order valence-corrected chi connectivity index (χ2v) is 8.81. The first-order valence-corrected chi connectivity index (χ1v) is 11.4. The fourth-order valence-corrected chi connectivity index (χ4v) is 5.34. The number of nitrogens with zero attached hydrogens (tertiary/aromatic N) is 5. The standard InChI is InChI=1S/C23H23F2N5OS/c1-2-19-26-23-30(27-19)22(31)21(32-23)20(15-8-9-17(24)18(25)14-15)29-12-10-28(11-13-29)16-6-4-3-5-7-16/h3-9,14,20,31H,2,10-13H2,1H3/t20-/m1/s1. The molecule has 0 saturated carbocycles. The predicted molar refractivity (Wildman–Crippen MR) is 120 cm³/mol. The number of anilines is 1. The van der Waals surface area contributed by atoms with Gasteiger partial charge in [0.15, 0.2) is 17.5 Å². The van der Waals surface area contributed by atoms with Gasteiger partial charge in [-0.25, -0.2) is 13.8 Å². The molecule has 9 heteroatoms. The first-order chi connectivity index (χ1) is 15.5. The van der Waals surface area contributed by atoms with Crippen LogP contribution in [0.4, 0.5) is 14.5 Å². The Balaban J connectivity index is 1.50. The summed E-state index contributed by atoms with van der Waals surface area (Å²) in [6, 6.07) is 13.7. The molecule has 3 heterocycles. The number of fused-ring (bicyclic) bond motifs is 1. The Morgan fingerprint density at radius 1 is 1.03 bits per heavy atom. The molecular weight excluding hydrogens is 432 g/mol. The predicted octanol–water partition coefficient (Wildman–Crippen LogP) is 4.25. The Hall–Kier alpha value is -3.04. The van der Waals surface area contributed by atoms with E-state index < -0.39 is 17.7 Å². The molecule has 1 atom stereocenters. The van der Waals surface area contributed by atoms with Gasteiger partial charge < -0.3 is 10.0 Å². The molecule has 1 aliphatic rings. The van der Waals surface area contributed by atoms with Gasteiger partial charge in [0.05, 0.1) is 10.9 Å². The number of hydrogen-bond donors (Lipinski definition) is 1. The molecule has 2 aromatic heterocycles. The first-order valence-electron chi connectivity index (χ1n) is 10.6. The Bertz CT molecular complexity index is 1230. The van der Waals surface area contributed by atoms with Crippen LogP contribution < -0.4 is 4.90 Å². The molecular formula is C23H23F2N5OS. The van der Waals surface area contributed by atoms with Crippen LogP contribution in [0.25, 0.3) is 4.96 Å². The molecule has 6 nitrogen and oxygen atoms in total. The third-order valence-corrected chi connectivity index (χ3v) is 6.94. The van der Waals surface area contributed by atoms with Crippen LogP contribution in [-0.2, 0) is 6.42 Å². The van der Waals surface area contributed by atoms with Crippen LogP contribution in [0.3, 0.4) is 0 Å². The van der Waals surface area contributed by atoms with E-state index in [2.05, 4.69) is 32.0 Å². The number of aromatic nitrogens is 3. The van der Waals surface area contributed by atoms with Crippen molar-refractivity contribution < 1.29 is 13.9 Å². The molecule has 0 unspecified atom stereocenters. The van der Waals surface area contributed by atoms with Gasteiger partial charge in [-0.1, -0.05) is 42.5 Å². The topological polar surface area (TPSA) is 56.9 Å². The van der Waals surface area contributed by atoms with Gasteiger partial charge in [0.25, 0.3) is 0 Å². The summed E-state index contributed by atoms with van der Waals surface area (Å²) in [6.45, 7) is 4.92. The van der Waals surface area contributed by atoms with Crippen molar-refractivity contribution in [3.8, 4) is 5.88 Å². The maximum Gasteiger partial charge on any atom is 0.230 e. The minimum Gasteiger partial charge on any atom is -0.492 e. The van der Waals surface area contributed by atoms with Crippen molar-refractivity contribution in [1.82, 2.24) is 19.5 Å². The lowest BCUT2D eigenvalue weighted by Crippen LogP contribution is -2.47. The van der Waals surface area contributed by atoms with Gasteiger partial charge in [-0.2, -0.15) is 4.52 Å². The number of aryl methyl sites for hydroxylation is 1. The Kier molecular flexibility index (Phi) is 5.52. The molecule has 4 aromatic rings. The Labute approximate surface area is 188 Å². The van der Waals surface area contributed by atoms with E-state index in [1.54, 1.807) is 6.07 Å². The van der Waals surface area contributed by atoms with Crippen LogP contribution in [0.1, 0.15) is 29.2 Å². The lowest BCUT2D eigenvalue weighted by atomic mass is 10.0. The number of benzene rings is 2. The van der Waals surface area contributed by atoms with Crippen molar-refractivity contribution in [3.05, 3.63) is 76.4 Å². The average Bonchev–Trinajstić information content (AvgIpc) is 3.36. The quantitative estimate of drug-likeness (QED) is 0.488. The monoisotopic (exact) mass is 455 g/mol. The third kappa shape index (κ3) is 3.71. The van der Waals surface area contributed by atoms with E-state index in [-0.39, 0.29) is 5.88 Å². The van der Waals surface area contributed by atoms with Gasteiger partial charge in [-0.3, -0.25) is 4.90 Å². The highest BCUT2D eigenvalue weighted by Crippen LogP contribution is 2.40. The molecule has 0 amide bonds. The van der Waals surface area contributed by atoms with Crippen molar-refractivity contribution in [2.45, 2.75) is 19.4 Å². The second kappa shape index (κ2) is 8.48. The highest BCUT2D eigenvalue weighted by molar-refractivity contribution is 7.17. The minimum atomic E-state index is -0.900. The summed E-state index contributed by atoms with van der Waals surface area (Å²) in [6.07, 6.45) is 0.664. The molecule has 0 radical (unpaired) electrons. The van der Waals surface area contributed by atoms with E-state index in [9.17, 15) is 13.9 Å². The SMILES string of the molecule is CCc1nc2sc([C@@H](c3ccc(F)c(F)c3)N3CCN(c4ccccc4)CC3)c(O)n2n1. The van der Waals surface area contributed by atoms with Gasteiger partial charge in [0.2, 0.25) is 10.8 Å². The number of para-hydroxylation sites is 1. The Morgan fingerprint density at radius 2 is 1.78 bits per heavy atom. The highest BCUT2D eigenvalue weighted by atomic mass is 32.1. The van der Waals surface area contributed by atoms with Crippen LogP contribution in [-0.4, -0.2) is 50.8 Å². The minimum absolute atomic E-state index is 0.00239. The molecule has 0 bridgehead atoms. The summed E-state index contributed by atoms with van der Waals surface area (Å²) in [5.74, 6) is -1.14. The molecule has 1 N–H and O–H groups in total. The van der Waals surface area contributed by atoms with Crippen molar-refractivity contribution in [3.63, 3.8) is 0 Å². The molecule has 5 rings (SSSR count). The van der Waals surface area contributed by atoms with E-state index >= 15 is 0 Å². The van der Waals surface area contributed by atoms with Gasteiger partial charge in [0, 0.05) is 38.3 Å². The summed E-state index contributed by atoms with van der Waals surface area (Å²) in [4.78, 5) is 10.2. The van der Waals surface area contributed by atoms with Crippen molar-refractivity contribution >= 4 is 22.0 Å². The number of halogens is 2. The summed E-state index contributed by atoms with van der Waals surface area (Å²) in [5, 5.41) is 15.3. The number of piperazine rings is 1. The fraction of sp³-hybridized carbons (Fsp3) is 0.304. The van der Waals surface area contributed by atoms with E-state index in [1.165, 1.54) is 21.9 Å². The molecule has 0 spiro atoms. The van der Waals surface area contributed by atoms with E-state index in [4.69, 9.17) is 0 Å². The molecule has 0 aliphatic carbocycles. The maximum atomic E-state index is 14.2. The molecule has 1 saturated heterocycles. The number of aromatic hydroxyl groups is 1. The van der Waals surface area contributed by atoms with Crippen LogP contribution in [0.5, 0.6) is 5.88 Å². The van der Waals surface area contributed by atoms with Crippen molar-refractivity contribution in [2.24, 2.45) is 0 Å². The summed E-state index contributed by atoms with van der Waals surface area (Å²) >= 11 is 1.33. The third-order valence-electron chi connectivity index (χ3n) is 5.87. The number of thiazole rings is 1. The Morgan fingerprint density at radius 3 is 2.44 bits per heavy atom. The van der Waals surface area contributed by atoms with Crippen molar-refractivity contribution in [1.29, 1.82) is 0 Å². The average molecular weight is 456 g/mol. The lowest BCUT2D eigenvalue weighted by molar-refractivity contribution is 0.210. The summed E-state index contributed by atoms with van der Waals surface area (Å²) < 4.78 is 29.3. The normalized spacial score (nSPS) is 16.0. The number of hydrogen-bond acceptors (Lipinski definition) is 6. The smallest absolute Gasteiger partial charge is 0.230 e.